The highest BCUT2D eigenvalue weighted by Crippen LogP contribution is 2.34. The fraction of sp³-hybridized carbons (Fsp3) is 0.452. The summed E-state index contributed by atoms with van der Waals surface area (Å²) in [6, 6.07) is 11.3. The van der Waals surface area contributed by atoms with E-state index in [9.17, 15) is 37.1 Å². The van der Waals surface area contributed by atoms with E-state index in [4.69, 9.17) is 9.84 Å². The topological polar surface area (TPSA) is 159 Å². The molecule has 2 fully saturated rings. The van der Waals surface area contributed by atoms with Crippen LogP contribution in [0.1, 0.15) is 83.1 Å². The van der Waals surface area contributed by atoms with E-state index in [1.807, 2.05) is 23.0 Å². The number of piperidine rings is 2. The van der Waals surface area contributed by atoms with Crippen molar-refractivity contribution >= 4 is 52.7 Å². The van der Waals surface area contributed by atoms with Crippen LogP contribution in [0.3, 0.4) is 0 Å². The standard InChI is InChI=1S/C42H49F3N8O6/c1-27-9-10-31(23-32(27)41(58)52(26-55)36(7-5-21-54)40(57)46-2)51-19-12-28(13-20-51)11-16-50-17-14-30(15-18-50)53-25-29-22-35(37(59-3)24-34(29)49-53)48-39(56)33-6-4-8-38(47-33)42(43,44)45/h4,6,8-10,21-26,28,30,36H,5,7,11-20H2,1-3H3,(H,46,57)(H,48,56). The number of methoxy groups -OCH3 is 1. The summed E-state index contributed by atoms with van der Waals surface area (Å²) in [6.45, 7) is 6.27. The third kappa shape index (κ3) is 10.1. The highest BCUT2D eigenvalue weighted by molar-refractivity contribution is 6.05. The van der Waals surface area contributed by atoms with E-state index in [1.54, 1.807) is 25.1 Å². The molecule has 4 aromatic rings. The van der Waals surface area contributed by atoms with Crippen molar-refractivity contribution in [3.05, 3.63) is 77.2 Å². The lowest BCUT2D eigenvalue weighted by molar-refractivity contribution is -0.141. The van der Waals surface area contributed by atoms with Crippen LogP contribution in [0.15, 0.2) is 54.7 Å². The lowest BCUT2D eigenvalue weighted by atomic mass is 9.92. The van der Waals surface area contributed by atoms with Crippen molar-refractivity contribution in [1.29, 1.82) is 0 Å². The Hall–Kier alpha value is -5.84. The summed E-state index contributed by atoms with van der Waals surface area (Å²) in [5, 5.41) is 10.7. The number of likely N-dealkylation sites (N-methyl/N-ethyl adjacent to an activating group) is 1. The predicted molar refractivity (Wildman–Crippen MR) is 214 cm³/mol. The number of benzene rings is 2. The van der Waals surface area contributed by atoms with Gasteiger partial charge in [-0.3, -0.25) is 28.8 Å². The van der Waals surface area contributed by atoms with Crippen LogP contribution in [0.25, 0.3) is 10.9 Å². The van der Waals surface area contributed by atoms with E-state index in [0.29, 0.717) is 46.7 Å². The molecule has 17 heteroatoms. The molecule has 0 saturated carbocycles. The Morgan fingerprint density at radius 2 is 1.76 bits per heavy atom. The average Bonchev–Trinajstić information content (AvgIpc) is 3.66. The molecule has 14 nitrogen and oxygen atoms in total. The summed E-state index contributed by atoms with van der Waals surface area (Å²) >= 11 is 0. The number of carbonyl (C=O) groups is 5. The van der Waals surface area contributed by atoms with E-state index < -0.39 is 35.6 Å². The molecule has 2 N–H and O–H groups in total. The first kappa shape index (κ1) is 42.8. The number of aryl methyl sites for hydroxylation is 1. The summed E-state index contributed by atoms with van der Waals surface area (Å²) < 4.78 is 46.9. The van der Waals surface area contributed by atoms with E-state index >= 15 is 0 Å². The number of aldehydes is 1. The van der Waals surface area contributed by atoms with Crippen LogP contribution < -0.4 is 20.3 Å². The van der Waals surface area contributed by atoms with Crippen LogP contribution in [0, 0.1) is 12.8 Å². The summed E-state index contributed by atoms with van der Waals surface area (Å²) in [5.74, 6) is -1.00. The molecular formula is C42H49F3N8O6. The highest BCUT2D eigenvalue weighted by Gasteiger charge is 2.34. The second-order valence-corrected chi connectivity index (χ2v) is 15.1. The van der Waals surface area contributed by atoms with Crippen molar-refractivity contribution in [2.24, 2.45) is 5.92 Å². The van der Waals surface area contributed by atoms with Crippen molar-refractivity contribution in [2.45, 2.75) is 70.1 Å². The molecule has 2 saturated heterocycles. The van der Waals surface area contributed by atoms with Gasteiger partial charge in [0.15, 0.2) is 0 Å². The third-order valence-corrected chi connectivity index (χ3v) is 11.4. The first-order valence-corrected chi connectivity index (χ1v) is 19.8. The minimum Gasteiger partial charge on any atom is -0.494 e. The predicted octanol–water partition coefficient (Wildman–Crippen LogP) is 5.66. The number of ether oxygens (including phenoxy) is 1. The van der Waals surface area contributed by atoms with Crippen LogP contribution in [0.4, 0.5) is 24.5 Å². The van der Waals surface area contributed by atoms with Gasteiger partial charge in [-0.2, -0.15) is 18.3 Å². The molecule has 4 amide bonds. The van der Waals surface area contributed by atoms with Crippen LogP contribution in [0.2, 0.25) is 0 Å². The van der Waals surface area contributed by atoms with Gasteiger partial charge in [-0.1, -0.05) is 12.1 Å². The Kier molecular flexibility index (Phi) is 13.6. The second-order valence-electron chi connectivity index (χ2n) is 15.1. The zero-order chi connectivity index (χ0) is 42.3. The Morgan fingerprint density at radius 3 is 2.42 bits per heavy atom. The minimum atomic E-state index is -4.68. The number of hydrogen-bond donors (Lipinski definition) is 2. The maximum Gasteiger partial charge on any atom is 0.433 e. The Labute approximate surface area is 340 Å². The highest BCUT2D eigenvalue weighted by atomic mass is 19.4. The normalized spacial score (nSPS) is 16.1. The maximum atomic E-state index is 13.6. The number of alkyl halides is 3. The molecule has 0 radical (unpaired) electrons. The number of nitrogens with one attached hydrogen (secondary N) is 2. The van der Waals surface area contributed by atoms with E-state index in [-0.39, 0.29) is 24.6 Å². The first-order valence-electron chi connectivity index (χ1n) is 19.8. The van der Waals surface area contributed by atoms with Crippen molar-refractivity contribution in [1.82, 2.24) is 29.9 Å². The SMILES string of the molecule is CNC(=O)C(CCC=O)N(C=O)C(=O)c1cc(N2CCC(CCN3CCC(n4cc5cc(NC(=O)c6cccc(C(F)(F)F)n6)c(OC)cc5n4)CC3)CC2)ccc1C. The molecule has 1 atom stereocenters. The zero-order valence-corrected chi connectivity index (χ0v) is 33.3. The molecule has 2 aliphatic rings. The van der Waals surface area contributed by atoms with Crippen molar-refractivity contribution in [2.75, 3.05) is 57.1 Å². The molecule has 4 heterocycles. The van der Waals surface area contributed by atoms with Gasteiger partial charge in [0.2, 0.25) is 12.3 Å². The molecule has 6 rings (SSSR count). The lowest BCUT2D eigenvalue weighted by Crippen LogP contribution is -2.48. The molecule has 2 aromatic heterocycles. The molecule has 2 aliphatic heterocycles. The molecule has 59 heavy (non-hydrogen) atoms. The second kappa shape index (κ2) is 18.8. The number of fused-ring (bicyclic) bond motifs is 1. The fourth-order valence-corrected chi connectivity index (χ4v) is 7.91. The quantitative estimate of drug-likeness (QED) is 0.144. The lowest BCUT2D eigenvalue weighted by Gasteiger charge is -2.36. The summed E-state index contributed by atoms with van der Waals surface area (Å²) in [6.07, 6.45) is 3.23. The van der Waals surface area contributed by atoms with Crippen LogP contribution in [-0.2, 0) is 20.6 Å². The van der Waals surface area contributed by atoms with Gasteiger partial charge in [0.05, 0.1) is 24.4 Å². The van der Waals surface area contributed by atoms with Gasteiger partial charge in [-0.15, -0.1) is 0 Å². The zero-order valence-electron chi connectivity index (χ0n) is 33.3. The van der Waals surface area contributed by atoms with Gasteiger partial charge in [0.25, 0.3) is 11.8 Å². The van der Waals surface area contributed by atoms with Crippen LogP contribution >= 0.6 is 0 Å². The molecule has 0 aliphatic carbocycles. The van der Waals surface area contributed by atoms with Crippen LogP contribution in [0.5, 0.6) is 5.75 Å². The molecule has 314 valence electrons. The van der Waals surface area contributed by atoms with Gasteiger partial charge in [-0.05, 0) is 93.8 Å². The Balaban J connectivity index is 0.997. The van der Waals surface area contributed by atoms with Gasteiger partial charge in [-0.25, -0.2) is 4.98 Å². The number of nitrogens with zero attached hydrogens (tertiary/aromatic N) is 6. The maximum absolute atomic E-state index is 13.6. The largest absolute Gasteiger partial charge is 0.494 e. The van der Waals surface area contributed by atoms with Gasteiger partial charge < -0.3 is 30.0 Å². The van der Waals surface area contributed by atoms with E-state index in [2.05, 4.69) is 25.4 Å². The monoisotopic (exact) mass is 818 g/mol. The van der Waals surface area contributed by atoms with Crippen molar-refractivity contribution < 1.29 is 41.9 Å². The summed E-state index contributed by atoms with van der Waals surface area (Å²) in [4.78, 5) is 71.2. The Morgan fingerprint density at radius 1 is 1.02 bits per heavy atom. The Bertz CT molecular complexity index is 2160. The summed E-state index contributed by atoms with van der Waals surface area (Å²) in [7, 11) is 2.87. The fourth-order valence-electron chi connectivity index (χ4n) is 7.91. The molecule has 0 bridgehead atoms. The smallest absolute Gasteiger partial charge is 0.433 e. The van der Waals surface area contributed by atoms with Crippen molar-refractivity contribution in [3.8, 4) is 5.75 Å². The molecule has 0 spiro atoms. The molecular weight excluding hydrogens is 770 g/mol. The number of imide groups is 1. The number of amides is 4. The number of pyridine rings is 1. The number of rotatable bonds is 15. The third-order valence-electron chi connectivity index (χ3n) is 11.4. The number of halogens is 3. The van der Waals surface area contributed by atoms with Gasteiger partial charge >= 0.3 is 6.18 Å². The minimum absolute atomic E-state index is 0.0352. The number of anilines is 2. The molecule has 1 unspecified atom stereocenters. The number of aromatic nitrogens is 3. The van der Waals surface area contributed by atoms with Crippen LogP contribution in [-0.4, -0.2) is 108 Å². The van der Waals surface area contributed by atoms with Gasteiger partial charge in [0.1, 0.15) is 29.5 Å². The number of likely N-dealkylation sites (tertiary alicyclic amines) is 1. The average molecular weight is 819 g/mol. The van der Waals surface area contributed by atoms with E-state index in [1.165, 1.54) is 20.2 Å². The number of hydrogen-bond acceptors (Lipinski definition) is 10. The first-order chi connectivity index (χ1) is 28.3. The van der Waals surface area contributed by atoms with Crippen molar-refractivity contribution in [3.63, 3.8) is 0 Å². The summed E-state index contributed by atoms with van der Waals surface area (Å²) in [5.41, 5.74) is 1.35. The number of carbonyl (C=O) groups excluding carboxylic acids is 5. The molecule has 2 aromatic carbocycles. The van der Waals surface area contributed by atoms with Gasteiger partial charge in [0, 0.05) is 68.5 Å². The van der Waals surface area contributed by atoms with E-state index in [0.717, 1.165) is 92.9 Å².